The van der Waals surface area contributed by atoms with Gasteiger partial charge in [-0.05, 0) is 6.92 Å². The summed E-state index contributed by atoms with van der Waals surface area (Å²) in [5.41, 5.74) is 0. The van der Waals surface area contributed by atoms with E-state index in [1.54, 1.807) is 0 Å². The molecule has 520 valence electrons. The summed E-state index contributed by atoms with van der Waals surface area (Å²) in [5.74, 6) is 0. The number of aliphatic hydroxyl groups is 23. The highest BCUT2D eigenvalue weighted by molar-refractivity contribution is 5.01. The van der Waals surface area contributed by atoms with E-state index in [9.17, 15) is 117 Å². The van der Waals surface area contributed by atoms with E-state index in [0.717, 1.165) is 14.0 Å². The van der Waals surface area contributed by atoms with Crippen LogP contribution in [0.1, 0.15) is 6.92 Å². The maximum absolute atomic E-state index is 11.5. The Kier molecular flexibility index (Phi) is 26.3. The van der Waals surface area contributed by atoms with Crippen molar-refractivity contribution >= 4 is 0 Å². The first kappa shape index (κ1) is 73.2. The van der Waals surface area contributed by atoms with Gasteiger partial charge >= 0.3 is 0 Å². The van der Waals surface area contributed by atoms with Gasteiger partial charge in [-0.2, -0.15) is 0 Å². The third kappa shape index (κ3) is 15.3. The molecule has 18 aliphatic heterocycles. The fraction of sp³-hybridized carbons (Fsp3) is 1.00. The highest BCUT2D eigenvalue weighted by atomic mass is 17.2. The fourth-order valence-corrected chi connectivity index (χ4v) is 11.5. The maximum atomic E-state index is 11.5. The summed E-state index contributed by atoms with van der Waals surface area (Å²) in [5, 5.41) is 254. The zero-order valence-corrected chi connectivity index (χ0v) is 47.4. The predicted molar refractivity (Wildman–Crippen MR) is 268 cm³/mol. The van der Waals surface area contributed by atoms with Crippen LogP contribution in [0, 0.1) is 0 Å². The van der Waals surface area contributed by atoms with Crippen LogP contribution in [0.4, 0.5) is 0 Å². The number of aliphatic hydroxyl groups excluding tert-OH is 23. The van der Waals surface area contributed by atoms with E-state index in [4.69, 9.17) is 80.8 Å². The molecule has 89 heavy (non-hydrogen) atoms. The Balaban J connectivity index is 1.08. The smallest absolute Gasteiger partial charge is 0.187 e. The lowest BCUT2D eigenvalue weighted by Crippen LogP contribution is -2.68. The van der Waals surface area contributed by atoms with E-state index in [2.05, 4.69) is 0 Å². The Hall–Kier alpha value is -1.60. The topological polar surface area (TPSA) is 622 Å². The minimum Gasteiger partial charge on any atom is -0.394 e. The lowest BCUT2D eigenvalue weighted by molar-refractivity contribution is -0.434. The molecular formula is C49H84O40. The van der Waals surface area contributed by atoms with E-state index in [-0.39, 0.29) is 0 Å². The van der Waals surface area contributed by atoms with Crippen LogP contribution < -0.4 is 0 Å². The molecule has 0 radical (unpaired) electrons. The van der Waals surface area contributed by atoms with Crippen molar-refractivity contribution in [2.45, 2.75) is 246 Å². The van der Waals surface area contributed by atoms with Crippen LogP contribution in [-0.2, 0) is 80.8 Å². The SMILES string of the molecule is COCC1OOC2C(CO)OC(OC3C(CO)OC(OC4C(CO)OC(OC5C(CO)OC(OC6C(CO)OC(OC7C(CO)OC(OC8C(CO)OC(OC1C(O)C(C)O)C(O)C8O)C(O)C7O)C(O)C6O)C(O)C5O)C(O)C4O)C(O)C3O)C(O)C2O. The molecule has 18 aliphatic rings. The summed E-state index contributed by atoms with van der Waals surface area (Å²) < 4.78 is 85.3. The van der Waals surface area contributed by atoms with Gasteiger partial charge in [0.1, 0.15) is 189 Å². The van der Waals surface area contributed by atoms with Crippen molar-refractivity contribution in [1.29, 1.82) is 0 Å². The average molecular weight is 1310 g/mol. The van der Waals surface area contributed by atoms with E-state index in [0.29, 0.717) is 0 Å². The minimum absolute atomic E-state index is 0.661. The van der Waals surface area contributed by atoms with Gasteiger partial charge in [-0.1, -0.05) is 0 Å². The lowest BCUT2D eigenvalue weighted by Gasteiger charge is -2.50. The molecule has 40 heteroatoms. The molecule has 0 spiro atoms. The second-order valence-electron chi connectivity index (χ2n) is 22.5. The number of fused-ring (bicyclic) bond motifs is 1. The molecule has 0 amide bonds. The Morgan fingerprint density at radius 1 is 0.270 bits per heavy atom. The van der Waals surface area contributed by atoms with Gasteiger partial charge in [0.2, 0.25) is 0 Å². The van der Waals surface area contributed by atoms with Crippen LogP contribution in [0.25, 0.3) is 0 Å². The van der Waals surface area contributed by atoms with E-state index >= 15 is 0 Å². The molecule has 18 saturated heterocycles. The largest absolute Gasteiger partial charge is 0.394 e. The first-order valence-electron chi connectivity index (χ1n) is 28.5. The second-order valence-corrected chi connectivity index (χ2v) is 22.5. The molecule has 18 fully saturated rings. The highest BCUT2D eigenvalue weighted by Crippen LogP contribution is 2.39. The van der Waals surface area contributed by atoms with Gasteiger partial charge in [-0.25, -0.2) is 9.78 Å². The van der Waals surface area contributed by atoms with Gasteiger partial charge < -0.3 is 189 Å². The second kappa shape index (κ2) is 32.0. The maximum Gasteiger partial charge on any atom is 0.187 e. The van der Waals surface area contributed by atoms with Crippen molar-refractivity contribution in [3.63, 3.8) is 0 Å². The Morgan fingerprint density at radius 3 is 0.674 bits per heavy atom. The van der Waals surface area contributed by atoms with Crippen LogP contribution in [0.2, 0.25) is 0 Å². The van der Waals surface area contributed by atoms with E-state index < -0.39 is 292 Å². The van der Waals surface area contributed by atoms with Gasteiger partial charge in [-0.15, -0.1) is 0 Å². The number of rotatable bonds is 11. The molecule has 0 aromatic heterocycles. The van der Waals surface area contributed by atoms with Gasteiger partial charge in [0.15, 0.2) is 44.0 Å². The minimum atomic E-state index is -2.27. The lowest BCUT2D eigenvalue weighted by atomic mass is 9.95. The molecule has 18 heterocycles. The van der Waals surface area contributed by atoms with Gasteiger partial charge in [-0.3, -0.25) is 0 Å². The number of methoxy groups -OCH3 is 1. The summed E-state index contributed by atoms with van der Waals surface area (Å²) >= 11 is 0. The summed E-state index contributed by atoms with van der Waals surface area (Å²) in [6.07, 6.45) is -79.3. The molecule has 23 N–H and O–H groups in total. The molecule has 39 atom stereocenters. The summed E-state index contributed by atoms with van der Waals surface area (Å²) in [4.78, 5) is 11.0. The van der Waals surface area contributed by atoms with Crippen LogP contribution in [0.15, 0.2) is 0 Å². The first-order chi connectivity index (χ1) is 42.3. The zero-order chi connectivity index (χ0) is 65.2. The quantitative estimate of drug-likeness (QED) is 0.0854. The third-order valence-corrected chi connectivity index (χ3v) is 16.6. The van der Waals surface area contributed by atoms with Crippen molar-refractivity contribution in [1.82, 2.24) is 0 Å². The number of hydrogen-bond donors (Lipinski definition) is 23. The predicted octanol–water partition coefficient (Wildman–Crippen LogP) is -16.2. The molecule has 0 aliphatic carbocycles. The molecular weight excluding hydrogens is 1230 g/mol. The highest BCUT2D eigenvalue weighted by Gasteiger charge is 2.59. The summed E-state index contributed by atoms with van der Waals surface area (Å²) in [7, 11) is 1.12. The van der Waals surface area contributed by atoms with Crippen LogP contribution in [0.5, 0.6) is 0 Å². The van der Waals surface area contributed by atoms with E-state index in [1.165, 1.54) is 0 Å². The van der Waals surface area contributed by atoms with Crippen molar-refractivity contribution in [3.8, 4) is 0 Å². The molecule has 14 bridgehead atoms. The molecule has 0 aromatic carbocycles. The van der Waals surface area contributed by atoms with Crippen molar-refractivity contribution in [3.05, 3.63) is 0 Å². The monoisotopic (exact) mass is 1310 g/mol. The Morgan fingerprint density at radius 2 is 0.472 bits per heavy atom. The van der Waals surface area contributed by atoms with Crippen LogP contribution >= 0.6 is 0 Å². The van der Waals surface area contributed by atoms with Crippen molar-refractivity contribution < 1.29 is 198 Å². The van der Waals surface area contributed by atoms with Gasteiger partial charge in [0, 0.05) is 7.11 Å². The van der Waals surface area contributed by atoms with E-state index in [1.807, 2.05) is 0 Å². The third-order valence-electron chi connectivity index (χ3n) is 16.6. The van der Waals surface area contributed by atoms with Gasteiger partial charge in [0.25, 0.3) is 0 Å². The Bertz CT molecular complexity index is 2100. The molecule has 40 nitrogen and oxygen atoms in total. The standard InChI is InChI=1S/C49H84O40/c1-11(57)20(58)41-19(10-73-2)88-89-42-18(9-56)80-49(34(72)27(42)65)86-40-16(7-54)78-47(32(70)25(40)63)84-38-14(5-52)76-45(30(68)23(38)61)82-36-12(3-50)74-43(28(66)21(36)59)81-35-13(4-51)75-44(29(67)22(35)60)83-37-15(6-53)77-46(31(69)24(37)62)85-39-17(8-55)79-48(87-41)33(71)26(39)64/h11-72H,3-10H2,1-2H3. The molecule has 0 aromatic rings. The normalized spacial score (nSPS) is 52.5. The van der Waals surface area contributed by atoms with Crippen LogP contribution in [0.3, 0.4) is 0 Å². The fourth-order valence-electron chi connectivity index (χ4n) is 11.5. The molecule has 39 unspecified atom stereocenters. The van der Waals surface area contributed by atoms with Crippen molar-refractivity contribution in [2.24, 2.45) is 0 Å². The summed E-state index contributed by atoms with van der Waals surface area (Å²) in [6.45, 7) is -7.13. The molecule has 18 rings (SSSR count). The van der Waals surface area contributed by atoms with Crippen LogP contribution in [-0.4, -0.2) is 417 Å². The first-order valence-corrected chi connectivity index (χ1v) is 28.5. The summed E-state index contributed by atoms with van der Waals surface area (Å²) in [6, 6.07) is 0. The van der Waals surface area contributed by atoms with Crippen molar-refractivity contribution in [2.75, 3.05) is 60.0 Å². The molecule has 0 saturated carbocycles. The van der Waals surface area contributed by atoms with Gasteiger partial charge in [0.05, 0.1) is 59.0 Å². The number of ether oxygens (including phenoxy) is 15. The zero-order valence-electron chi connectivity index (χ0n) is 47.4. The average Bonchev–Trinajstić information content (AvgIpc) is 1.09. The Labute approximate surface area is 503 Å². The number of hydrogen-bond acceptors (Lipinski definition) is 40.